The van der Waals surface area contributed by atoms with Crippen LogP contribution in [0.15, 0.2) is 48.5 Å². The zero-order valence-electron chi connectivity index (χ0n) is 18.5. The summed E-state index contributed by atoms with van der Waals surface area (Å²) in [7, 11) is 0. The van der Waals surface area contributed by atoms with Crippen LogP contribution in [0, 0.1) is 0 Å². The lowest BCUT2D eigenvalue weighted by Crippen LogP contribution is -2.34. The molecule has 2 aromatic carbocycles. The molecule has 4 heteroatoms. The zero-order valence-corrected chi connectivity index (χ0v) is 18.5. The smallest absolute Gasteiger partial charge is 0.125 e. The standard InChI is InChI=1S/C25H34O4/c1-7-19-17-27-25(5,6)20-12-8-10-14-22(20)28-18(2)16-26-24(3,4)21-13-9-11-15-23(21)29-19/h8-15,18-19H,7,16-17H2,1-6H3. The van der Waals surface area contributed by atoms with Crippen molar-refractivity contribution in [2.24, 2.45) is 0 Å². The molecule has 0 radical (unpaired) electrons. The van der Waals surface area contributed by atoms with Crippen molar-refractivity contribution in [3.8, 4) is 11.5 Å². The Morgan fingerprint density at radius 3 is 1.79 bits per heavy atom. The fraction of sp³-hybridized carbons (Fsp3) is 0.520. The van der Waals surface area contributed by atoms with Crippen LogP contribution in [0.3, 0.4) is 0 Å². The molecule has 2 unspecified atom stereocenters. The molecule has 0 aliphatic carbocycles. The zero-order chi connectivity index (χ0) is 21.1. The minimum Gasteiger partial charge on any atom is -0.488 e. The van der Waals surface area contributed by atoms with Gasteiger partial charge in [0.15, 0.2) is 0 Å². The summed E-state index contributed by atoms with van der Waals surface area (Å²) in [6, 6.07) is 16.2. The van der Waals surface area contributed by atoms with E-state index in [9.17, 15) is 0 Å². The van der Waals surface area contributed by atoms with Gasteiger partial charge in [-0.25, -0.2) is 0 Å². The Balaban J connectivity index is 1.98. The van der Waals surface area contributed by atoms with Crippen LogP contribution < -0.4 is 9.47 Å². The molecule has 158 valence electrons. The summed E-state index contributed by atoms with van der Waals surface area (Å²) in [6.07, 6.45) is 0.688. The highest BCUT2D eigenvalue weighted by molar-refractivity contribution is 5.39. The van der Waals surface area contributed by atoms with Gasteiger partial charge in [0.1, 0.15) is 23.7 Å². The highest BCUT2D eigenvalue weighted by Gasteiger charge is 2.31. The van der Waals surface area contributed by atoms with Crippen molar-refractivity contribution in [2.75, 3.05) is 13.2 Å². The van der Waals surface area contributed by atoms with Gasteiger partial charge in [-0.05, 0) is 53.2 Å². The molecule has 3 rings (SSSR count). The number of fused-ring (bicyclic) bond motifs is 2. The maximum atomic E-state index is 6.40. The highest BCUT2D eigenvalue weighted by Crippen LogP contribution is 2.36. The van der Waals surface area contributed by atoms with Gasteiger partial charge >= 0.3 is 0 Å². The summed E-state index contributed by atoms with van der Waals surface area (Å²) < 4.78 is 25.4. The molecule has 2 atom stereocenters. The van der Waals surface area contributed by atoms with Gasteiger partial charge in [0.2, 0.25) is 0 Å². The number of benzene rings is 2. The van der Waals surface area contributed by atoms with Gasteiger partial charge in [-0.2, -0.15) is 0 Å². The minimum absolute atomic E-state index is 0.0545. The van der Waals surface area contributed by atoms with E-state index < -0.39 is 11.2 Å². The number of rotatable bonds is 1. The Bertz CT molecular complexity index is 812. The molecule has 4 nitrogen and oxygen atoms in total. The van der Waals surface area contributed by atoms with Gasteiger partial charge < -0.3 is 18.9 Å². The molecule has 29 heavy (non-hydrogen) atoms. The topological polar surface area (TPSA) is 36.9 Å². The summed E-state index contributed by atoms with van der Waals surface area (Å²) in [5.41, 5.74) is 1.05. The van der Waals surface area contributed by atoms with Gasteiger partial charge in [0, 0.05) is 11.1 Å². The fourth-order valence-electron chi connectivity index (χ4n) is 3.58. The lowest BCUT2D eigenvalue weighted by atomic mass is 9.96. The van der Waals surface area contributed by atoms with E-state index in [1.54, 1.807) is 0 Å². The average molecular weight is 399 g/mol. The Hall–Kier alpha value is -2.04. The fourth-order valence-corrected chi connectivity index (χ4v) is 3.58. The van der Waals surface area contributed by atoms with E-state index in [-0.39, 0.29) is 12.2 Å². The summed E-state index contributed by atoms with van der Waals surface area (Å²) in [5, 5.41) is 0. The first-order valence-electron chi connectivity index (χ1n) is 10.5. The van der Waals surface area contributed by atoms with Crippen LogP contribution in [0.2, 0.25) is 0 Å². The molecular formula is C25H34O4. The highest BCUT2D eigenvalue weighted by atomic mass is 16.6. The van der Waals surface area contributed by atoms with Crippen LogP contribution >= 0.6 is 0 Å². The molecule has 0 saturated heterocycles. The summed E-state index contributed by atoms with van der Waals surface area (Å²) in [4.78, 5) is 0. The van der Waals surface area contributed by atoms with E-state index in [0.29, 0.717) is 13.2 Å². The third kappa shape index (κ3) is 5.12. The van der Waals surface area contributed by atoms with Gasteiger partial charge in [0.05, 0.1) is 24.4 Å². The molecule has 1 heterocycles. The van der Waals surface area contributed by atoms with Crippen LogP contribution in [0.4, 0.5) is 0 Å². The van der Waals surface area contributed by atoms with Crippen molar-refractivity contribution < 1.29 is 18.9 Å². The lowest BCUT2D eigenvalue weighted by molar-refractivity contribution is -0.0721. The van der Waals surface area contributed by atoms with Crippen molar-refractivity contribution >= 4 is 0 Å². The maximum absolute atomic E-state index is 6.40. The van der Waals surface area contributed by atoms with Gasteiger partial charge in [-0.1, -0.05) is 43.3 Å². The van der Waals surface area contributed by atoms with Crippen LogP contribution in [-0.4, -0.2) is 25.4 Å². The summed E-state index contributed by atoms with van der Waals surface area (Å²) >= 11 is 0. The third-order valence-electron chi connectivity index (χ3n) is 5.46. The first-order valence-corrected chi connectivity index (χ1v) is 10.5. The molecular weight excluding hydrogens is 364 g/mol. The Labute approximate surface area is 175 Å². The first kappa shape index (κ1) is 21.7. The van der Waals surface area contributed by atoms with E-state index in [2.05, 4.69) is 46.8 Å². The van der Waals surface area contributed by atoms with Crippen molar-refractivity contribution in [3.63, 3.8) is 0 Å². The molecule has 0 aromatic heterocycles. The van der Waals surface area contributed by atoms with Crippen LogP contribution in [-0.2, 0) is 20.7 Å². The number of hydrogen-bond acceptors (Lipinski definition) is 4. The van der Waals surface area contributed by atoms with Gasteiger partial charge in [-0.15, -0.1) is 0 Å². The second-order valence-corrected chi connectivity index (χ2v) is 8.71. The molecule has 1 aliphatic rings. The van der Waals surface area contributed by atoms with Crippen molar-refractivity contribution in [2.45, 2.75) is 71.4 Å². The number of para-hydroxylation sites is 2. The predicted molar refractivity (Wildman–Crippen MR) is 116 cm³/mol. The Kier molecular flexibility index (Phi) is 6.55. The van der Waals surface area contributed by atoms with E-state index in [4.69, 9.17) is 18.9 Å². The van der Waals surface area contributed by atoms with Crippen molar-refractivity contribution in [3.05, 3.63) is 59.7 Å². The Morgan fingerprint density at radius 2 is 1.24 bits per heavy atom. The van der Waals surface area contributed by atoms with Crippen LogP contribution in [0.1, 0.15) is 59.1 Å². The summed E-state index contributed by atoms with van der Waals surface area (Å²) in [6.45, 7) is 13.4. The monoisotopic (exact) mass is 398 g/mol. The second kappa shape index (κ2) is 8.76. The molecule has 0 spiro atoms. The molecule has 0 saturated carbocycles. The molecule has 0 amide bonds. The van der Waals surface area contributed by atoms with Crippen molar-refractivity contribution in [1.82, 2.24) is 0 Å². The van der Waals surface area contributed by atoms with Crippen LogP contribution in [0.5, 0.6) is 11.5 Å². The SMILES string of the molecule is CCC1COC(C)(C)c2ccccc2OC(C)COC(C)(C)c2ccccc2O1. The largest absolute Gasteiger partial charge is 0.488 e. The molecule has 0 fully saturated rings. The number of hydrogen-bond donors (Lipinski definition) is 0. The van der Waals surface area contributed by atoms with E-state index >= 15 is 0 Å². The lowest BCUT2D eigenvalue weighted by Gasteiger charge is -2.34. The maximum Gasteiger partial charge on any atom is 0.125 e. The van der Waals surface area contributed by atoms with Crippen molar-refractivity contribution in [1.29, 1.82) is 0 Å². The van der Waals surface area contributed by atoms with Crippen LogP contribution in [0.25, 0.3) is 0 Å². The first-order chi connectivity index (χ1) is 13.7. The second-order valence-electron chi connectivity index (χ2n) is 8.71. The third-order valence-corrected chi connectivity index (χ3v) is 5.46. The van der Waals surface area contributed by atoms with E-state index in [0.717, 1.165) is 29.0 Å². The Morgan fingerprint density at radius 1 is 0.759 bits per heavy atom. The normalized spacial score (nSPS) is 24.2. The minimum atomic E-state index is -0.504. The number of ether oxygens (including phenoxy) is 4. The average Bonchev–Trinajstić information content (AvgIpc) is 2.69. The quantitative estimate of drug-likeness (QED) is 0.606. The molecule has 0 bridgehead atoms. The molecule has 2 aromatic rings. The van der Waals surface area contributed by atoms with Gasteiger partial charge in [0.25, 0.3) is 0 Å². The van der Waals surface area contributed by atoms with E-state index in [1.807, 2.05) is 43.3 Å². The predicted octanol–water partition coefficient (Wildman–Crippen LogP) is 5.83. The van der Waals surface area contributed by atoms with E-state index in [1.165, 1.54) is 0 Å². The van der Waals surface area contributed by atoms with Gasteiger partial charge in [-0.3, -0.25) is 0 Å². The molecule has 1 aliphatic heterocycles. The summed E-state index contributed by atoms with van der Waals surface area (Å²) in [5.74, 6) is 1.68. The molecule has 0 N–H and O–H groups in total.